The van der Waals surface area contributed by atoms with E-state index in [4.69, 9.17) is 15.2 Å². The van der Waals surface area contributed by atoms with Gasteiger partial charge in [-0.15, -0.1) is 0 Å². The maximum absolute atomic E-state index is 11.5. The number of amides is 1. The third-order valence-electron chi connectivity index (χ3n) is 3.05. The van der Waals surface area contributed by atoms with E-state index in [0.29, 0.717) is 30.3 Å². The number of rotatable bonds is 6. The number of benzene rings is 2. The monoisotopic (exact) mass is 285 g/mol. The quantitative estimate of drug-likeness (QED) is 0.886. The van der Waals surface area contributed by atoms with Crippen molar-refractivity contribution in [1.29, 1.82) is 0 Å². The lowest BCUT2D eigenvalue weighted by atomic mass is 9.99. The highest BCUT2D eigenvalue weighted by atomic mass is 16.5. The lowest BCUT2D eigenvalue weighted by Gasteiger charge is -2.13. The van der Waals surface area contributed by atoms with Crippen LogP contribution in [0.1, 0.15) is 24.2 Å². The summed E-state index contributed by atoms with van der Waals surface area (Å²) in [4.78, 5) is 11.5. The summed E-state index contributed by atoms with van der Waals surface area (Å²) in [5, 5.41) is 0. The molecule has 1 amide bonds. The standard InChI is InChI=1S/C17H19NO3/c1-3-20-15-10-9-12(11-16(15)21-4-2)13-7-5-6-8-14(13)17(18)19/h5-11H,3-4H2,1-2H3,(H2,18,19). The van der Waals surface area contributed by atoms with Crippen LogP contribution in [0.15, 0.2) is 42.5 Å². The second kappa shape index (κ2) is 6.79. The number of carbonyl (C=O) groups is 1. The molecule has 2 rings (SSSR count). The molecule has 0 aliphatic heterocycles. The van der Waals surface area contributed by atoms with E-state index in [1.165, 1.54) is 0 Å². The summed E-state index contributed by atoms with van der Waals surface area (Å²) in [7, 11) is 0. The van der Waals surface area contributed by atoms with Gasteiger partial charge in [0.1, 0.15) is 0 Å². The lowest BCUT2D eigenvalue weighted by molar-refractivity contribution is 0.100. The molecule has 0 bridgehead atoms. The first-order valence-electron chi connectivity index (χ1n) is 6.96. The van der Waals surface area contributed by atoms with Crippen LogP contribution in [0.3, 0.4) is 0 Å². The first kappa shape index (κ1) is 14.9. The maximum atomic E-state index is 11.5. The summed E-state index contributed by atoms with van der Waals surface area (Å²) in [5.41, 5.74) is 7.58. The highest BCUT2D eigenvalue weighted by molar-refractivity contribution is 5.99. The van der Waals surface area contributed by atoms with Gasteiger partial charge in [-0.2, -0.15) is 0 Å². The third-order valence-corrected chi connectivity index (χ3v) is 3.05. The molecule has 0 aliphatic carbocycles. The minimum Gasteiger partial charge on any atom is -0.490 e. The van der Waals surface area contributed by atoms with Gasteiger partial charge in [0.05, 0.1) is 13.2 Å². The molecular formula is C17H19NO3. The molecule has 0 atom stereocenters. The molecule has 2 aromatic carbocycles. The number of primary amides is 1. The average molecular weight is 285 g/mol. The van der Waals surface area contributed by atoms with Gasteiger partial charge >= 0.3 is 0 Å². The molecule has 0 aliphatic rings. The Hall–Kier alpha value is -2.49. The van der Waals surface area contributed by atoms with Crippen molar-refractivity contribution < 1.29 is 14.3 Å². The van der Waals surface area contributed by atoms with E-state index in [9.17, 15) is 4.79 Å². The number of hydrogen-bond acceptors (Lipinski definition) is 3. The topological polar surface area (TPSA) is 61.5 Å². The van der Waals surface area contributed by atoms with Gasteiger partial charge in [-0.1, -0.05) is 24.3 Å². The number of ether oxygens (including phenoxy) is 2. The summed E-state index contributed by atoms with van der Waals surface area (Å²) in [6, 6.07) is 12.9. The van der Waals surface area contributed by atoms with E-state index in [2.05, 4.69) is 0 Å². The maximum Gasteiger partial charge on any atom is 0.249 e. The summed E-state index contributed by atoms with van der Waals surface area (Å²) in [6.45, 7) is 4.95. The molecule has 4 nitrogen and oxygen atoms in total. The van der Waals surface area contributed by atoms with Crippen molar-refractivity contribution >= 4 is 5.91 Å². The first-order valence-corrected chi connectivity index (χ1v) is 6.96. The lowest BCUT2D eigenvalue weighted by Crippen LogP contribution is -2.12. The Kier molecular flexibility index (Phi) is 4.82. The Bertz CT molecular complexity index is 638. The van der Waals surface area contributed by atoms with Crippen LogP contribution in [0.2, 0.25) is 0 Å². The van der Waals surface area contributed by atoms with E-state index in [1.54, 1.807) is 12.1 Å². The molecule has 4 heteroatoms. The fourth-order valence-corrected chi connectivity index (χ4v) is 2.17. The zero-order chi connectivity index (χ0) is 15.2. The van der Waals surface area contributed by atoms with Crippen molar-refractivity contribution in [2.24, 2.45) is 5.73 Å². The Morgan fingerprint density at radius 3 is 2.33 bits per heavy atom. The van der Waals surface area contributed by atoms with Gasteiger partial charge in [-0.25, -0.2) is 0 Å². The van der Waals surface area contributed by atoms with Crippen LogP contribution in [0, 0.1) is 0 Å². The second-order valence-corrected chi connectivity index (χ2v) is 4.44. The fraction of sp³-hybridized carbons (Fsp3) is 0.235. The molecule has 0 fully saturated rings. The van der Waals surface area contributed by atoms with Gasteiger partial charge in [0, 0.05) is 5.56 Å². The van der Waals surface area contributed by atoms with E-state index in [0.717, 1.165) is 11.1 Å². The zero-order valence-electron chi connectivity index (χ0n) is 12.3. The van der Waals surface area contributed by atoms with Crippen molar-refractivity contribution in [3.8, 4) is 22.6 Å². The van der Waals surface area contributed by atoms with Gasteiger partial charge < -0.3 is 15.2 Å². The summed E-state index contributed by atoms with van der Waals surface area (Å²) < 4.78 is 11.2. The zero-order valence-corrected chi connectivity index (χ0v) is 12.3. The SMILES string of the molecule is CCOc1ccc(-c2ccccc2C(N)=O)cc1OCC. The Labute approximate surface area is 124 Å². The second-order valence-electron chi connectivity index (χ2n) is 4.44. The molecule has 0 aromatic heterocycles. The molecule has 21 heavy (non-hydrogen) atoms. The Morgan fingerprint density at radius 2 is 1.67 bits per heavy atom. The van der Waals surface area contributed by atoms with Crippen LogP contribution in [0.25, 0.3) is 11.1 Å². The molecule has 0 heterocycles. The van der Waals surface area contributed by atoms with Gasteiger partial charge in [0.25, 0.3) is 0 Å². The van der Waals surface area contributed by atoms with Crippen LogP contribution in [0.4, 0.5) is 0 Å². The first-order chi connectivity index (χ1) is 10.2. The van der Waals surface area contributed by atoms with Crippen LogP contribution >= 0.6 is 0 Å². The summed E-state index contributed by atoms with van der Waals surface area (Å²) >= 11 is 0. The van der Waals surface area contributed by atoms with Crippen molar-refractivity contribution in [2.45, 2.75) is 13.8 Å². The molecule has 0 saturated carbocycles. The fourth-order valence-electron chi connectivity index (χ4n) is 2.17. The molecule has 0 radical (unpaired) electrons. The number of carbonyl (C=O) groups excluding carboxylic acids is 1. The Balaban J connectivity index is 2.50. The van der Waals surface area contributed by atoms with Gasteiger partial charge in [-0.05, 0) is 43.2 Å². The minimum atomic E-state index is -0.447. The van der Waals surface area contributed by atoms with Crippen molar-refractivity contribution in [3.05, 3.63) is 48.0 Å². The highest BCUT2D eigenvalue weighted by Gasteiger charge is 2.12. The number of hydrogen-bond donors (Lipinski definition) is 1. The Morgan fingerprint density at radius 1 is 1.00 bits per heavy atom. The van der Waals surface area contributed by atoms with Crippen LogP contribution in [-0.2, 0) is 0 Å². The van der Waals surface area contributed by atoms with Gasteiger partial charge in [0.2, 0.25) is 5.91 Å². The summed E-state index contributed by atoms with van der Waals surface area (Å²) in [5.74, 6) is 0.910. The van der Waals surface area contributed by atoms with E-state index < -0.39 is 5.91 Å². The molecule has 2 aromatic rings. The third kappa shape index (κ3) is 3.34. The van der Waals surface area contributed by atoms with Gasteiger partial charge in [0.15, 0.2) is 11.5 Å². The average Bonchev–Trinajstić information content (AvgIpc) is 2.49. The molecule has 2 N–H and O–H groups in total. The van der Waals surface area contributed by atoms with E-state index in [-0.39, 0.29) is 0 Å². The van der Waals surface area contributed by atoms with Crippen LogP contribution in [-0.4, -0.2) is 19.1 Å². The molecule has 0 spiro atoms. The van der Waals surface area contributed by atoms with Gasteiger partial charge in [-0.3, -0.25) is 4.79 Å². The normalized spacial score (nSPS) is 10.2. The molecule has 0 saturated heterocycles. The summed E-state index contributed by atoms with van der Waals surface area (Å²) in [6.07, 6.45) is 0. The predicted octanol–water partition coefficient (Wildman–Crippen LogP) is 3.25. The smallest absolute Gasteiger partial charge is 0.249 e. The molecular weight excluding hydrogens is 266 g/mol. The number of nitrogens with two attached hydrogens (primary N) is 1. The largest absolute Gasteiger partial charge is 0.490 e. The van der Waals surface area contributed by atoms with Crippen molar-refractivity contribution in [2.75, 3.05) is 13.2 Å². The minimum absolute atomic E-state index is 0.447. The predicted molar refractivity (Wildman–Crippen MR) is 82.7 cm³/mol. The molecule has 110 valence electrons. The van der Waals surface area contributed by atoms with Crippen LogP contribution in [0.5, 0.6) is 11.5 Å². The molecule has 0 unspecified atom stereocenters. The highest BCUT2D eigenvalue weighted by Crippen LogP contribution is 2.34. The van der Waals surface area contributed by atoms with E-state index in [1.807, 2.05) is 44.2 Å². The van der Waals surface area contributed by atoms with Crippen LogP contribution < -0.4 is 15.2 Å². The van der Waals surface area contributed by atoms with Crippen molar-refractivity contribution in [3.63, 3.8) is 0 Å². The van der Waals surface area contributed by atoms with Crippen molar-refractivity contribution in [1.82, 2.24) is 0 Å². The van der Waals surface area contributed by atoms with E-state index >= 15 is 0 Å².